The topological polar surface area (TPSA) is 201 Å². The van der Waals surface area contributed by atoms with Gasteiger partial charge < -0.3 is 26.8 Å². The van der Waals surface area contributed by atoms with Gasteiger partial charge in [0.25, 0.3) is 0 Å². The molecule has 7 N–H and O–H groups in total. The maximum Gasteiger partial charge on any atom is 0.235 e. The second-order valence-electron chi connectivity index (χ2n) is 9.45. The zero-order valence-corrected chi connectivity index (χ0v) is 20.6. The molecule has 1 aromatic rings. The van der Waals surface area contributed by atoms with Crippen LogP contribution in [0.1, 0.15) is 28.8 Å². The van der Waals surface area contributed by atoms with Crippen LogP contribution in [-0.4, -0.2) is 81.1 Å². The molecule has 0 bridgehead atoms. The molecule has 2 fully saturated rings. The molecule has 11 nitrogen and oxygen atoms in total. The highest BCUT2D eigenvalue weighted by Gasteiger charge is 2.73. The van der Waals surface area contributed by atoms with E-state index in [1.807, 2.05) is 0 Å². The van der Waals surface area contributed by atoms with E-state index in [2.05, 4.69) is 0 Å². The van der Waals surface area contributed by atoms with Gasteiger partial charge >= 0.3 is 0 Å². The van der Waals surface area contributed by atoms with Crippen molar-refractivity contribution >= 4 is 57.3 Å². The van der Waals surface area contributed by atoms with Crippen molar-refractivity contribution < 1.29 is 39.3 Å². The Morgan fingerprint density at radius 2 is 1.76 bits per heavy atom. The summed E-state index contributed by atoms with van der Waals surface area (Å²) in [6.45, 7) is 1.61. The Hall–Kier alpha value is -2.42. The van der Waals surface area contributed by atoms with E-state index < -0.39 is 82.1 Å². The molecule has 2 saturated carbocycles. The molecule has 0 aliphatic heterocycles. The van der Waals surface area contributed by atoms with E-state index in [1.165, 1.54) is 25.1 Å². The van der Waals surface area contributed by atoms with Crippen LogP contribution in [0.25, 0.3) is 0 Å². The minimum atomic E-state index is -3.01. The number of nitrogens with zero attached hydrogens (tertiary/aromatic N) is 1. The summed E-state index contributed by atoms with van der Waals surface area (Å²) < 4.78 is 0.258. The van der Waals surface area contributed by atoms with Crippen molar-refractivity contribution in [2.45, 2.75) is 30.6 Å². The Kier molecular flexibility index (Phi) is 5.66. The van der Waals surface area contributed by atoms with Crippen molar-refractivity contribution in [1.29, 1.82) is 0 Å². The summed E-state index contributed by atoms with van der Waals surface area (Å²) in [5.74, 6) is -13.7. The SMILES string of the molecule is C[C@H]1c2c(N)cc(I)c(O)c2C(=O)C2C(=O)[C@]3(O)C(=O)C(C(N)=O)C(=O)[C@@H](N(C)C)C3[C@@H](O)C21. The lowest BCUT2D eigenvalue weighted by Crippen LogP contribution is -2.77. The van der Waals surface area contributed by atoms with E-state index in [0.717, 1.165) is 0 Å². The minimum absolute atomic E-state index is 0.172. The fraction of sp³-hybridized carbons (Fsp3) is 0.500. The van der Waals surface area contributed by atoms with Crippen LogP contribution in [0.5, 0.6) is 5.75 Å². The first-order valence-electron chi connectivity index (χ1n) is 10.5. The molecular weight excluding hydrogens is 561 g/mol. The molecule has 0 aromatic heterocycles. The smallest absolute Gasteiger partial charge is 0.235 e. The number of Topliss-reactive ketones (excluding diaryl/α,β-unsaturated/α-hetero) is 4. The number of nitrogen functional groups attached to an aromatic ring is 1. The summed E-state index contributed by atoms with van der Waals surface area (Å²) in [5.41, 5.74) is 8.60. The number of amides is 1. The summed E-state index contributed by atoms with van der Waals surface area (Å²) in [7, 11) is 2.87. The van der Waals surface area contributed by atoms with Gasteiger partial charge in [-0.15, -0.1) is 0 Å². The van der Waals surface area contributed by atoms with Crippen molar-refractivity contribution in [2.75, 3.05) is 19.8 Å². The molecule has 0 heterocycles. The molecule has 4 unspecified atom stereocenters. The molecule has 8 atom stereocenters. The third-order valence-electron chi connectivity index (χ3n) is 7.57. The number of benzene rings is 1. The van der Waals surface area contributed by atoms with E-state index in [0.29, 0.717) is 0 Å². The lowest BCUT2D eigenvalue weighted by molar-refractivity contribution is -0.196. The Morgan fingerprint density at radius 3 is 2.29 bits per heavy atom. The number of ketones is 4. The zero-order valence-electron chi connectivity index (χ0n) is 18.5. The number of aliphatic hydroxyl groups is 2. The second-order valence-corrected chi connectivity index (χ2v) is 10.6. The quantitative estimate of drug-likeness (QED) is 0.119. The number of carbonyl (C=O) groups is 5. The van der Waals surface area contributed by atoms with Crippen molar-refractivity contribution in [2.24, 2.45) is 29.4 Å². The standard InChI is InChI=1S/C22H24IN3O8/c1-5-8-7(24)4-6(23)15(27)10(8)16(28)11-9(5)17(29)13-14(26(2)3)18(30)12(21(25)33)20(32)22(13,34)19(11)31/h4-5,9,11-14,17,27,29,34H,24H2,1-3H3,(H2,25,33)/t5-,9?,11?,12?,13?,14-,17-,22-/m0/s1. The van der Waals surface area contributed by atoms with Gasteiger partial charge in [0.05, 0.1) is 33.1 Å². The highest BCUT2D eigenvalue weighted by molar-refractivity contribution is 14.1. The predicted octanol–water partition coefficient (Wildman–Crippen LogP) is -1.41. The molecule has 182 valence electrons. The first kappa shape index (κ1) is 24.7. The summed E-state index contributed by atoms with van der Waals surface area (Å²) in [5, 5.41) is 33.6. The highest BCUT2D eigenvalue weighted by Crippen LogP contribution is 2.55. The van der Waals surface area contributed by atoms with Crippen LogP contribution in [0, 0.1) is 27.2 Å². The number of hydrogen-bond acceptors (Lipinski definition) is 10. The number of phenolic OH excluding ortho intramolecular Hbond substituents is 1. The number of primary amides is 1. The summed E-state index contributed by atoms with van der Waals surface area (Å²) in [6, 6.07) is 0.0474. The van der Waals surface area contributed by atoms with Crippen molar-refractivity contribution in [3.63, 3.8) is 0 Å². The van der Waals surface area contributed by atoms with Gasteiger partial charge in [0.2, 0.25) is 5.91 Å². The van der Waals surface area contributed by atoms with Crippen molar-refractivity contribution in [3.05, 3.63) is 20.8 Å². The average molecular weight is 585 g/mol. The average Bonchev–Trinajstić information content (AvgIpc) is 2.73. The first-order valence-corrected chi connectivity index (χ1v) is 11.6. The molecule has 4 rings (SSSR count). The monoisotopic (exact) mass is 585 g/mol. The number of aromatic hydroxyl groups is 1. The van der Waals surface area contributed by atoms with Gasteiger partial charge in [-0.05, 0) is 54.2 Å². The Morgan fingerprint density at radius 1 is 1.18 bits per heavy atom. The molecule has 3 aliphatic rings. The maximum atomic E-state index is 13.8. The minimum Gasteiger partial charge on any atom is -0.506 e. The molecule has 1 amide bonds. The molecule has 0 radical (unpaired) electrons. The predicted molar refractivity (Wildman–Crippen MR) is 125 cm³/mol. The fourth-order valence-corrected chi connectivity index (χ4v) is 6.75. The van der Waals surface area contributed by atoms with Crippen LogP contribution in [0.3, 0.4) is 0 Å². The Bertz CT molecular complexity index is 1180. The maximum absolute atomic E-state index is 13.8. The highest BCUT2D eigenvalue weighted by atomic mass is 127. The number of aliphatic hydroxyl groups excluding tert-OH is 1. The number of likely N-dealkylation sites (N-methyl/N-ethyl adjacent to an activating group) is 1. The molecule has 0 spiro atoms. The molecule has 34 heavy (non-hydrogen) atoms. The van der Waals surface area contributed by atoms with E-state index >= 15 is 0 Å². The summed E-state index contributed by atoms with van der Waals surface area (Å²) >= 11 is 1.77. The number of fused-ring (bicyclic) bond motifs is 3. The molecule has 3 aliphatic carbocycles. The Labute approximate surface area is 207 Å². The number of anilines is 1. The lowest BCUT2D eigenvalue weighted by Gasteiger charge is -2.56. The van der Waals surface area contributed by atoms with E-state index in [4.69, 9.17) is 11.5 Å². The normalized spacial score (nSPS) is 37.3. The summed E-state index contributed by atoms with van der Waals surface area (Å²) in [6.07, 6.45) is -1.69. The summed E-state index contributed by atoms with van der Waals surface area (Å²) in [4.78, 5) is 66.9. The first-order chi connectivity index (χ1) is 15.7. The number of nitrogens with two attached hydrogens (primary N) is 2. The molecular formula is C22H24IN3O8. The third-order valence-corrected chi connectivity index (χ3v) is 8.39. The third kappa shape index (κ3) is 2.88. The van der Waals surface area contributed by atoms with Gasteiger partial charge in [-0.2, -0.15) is 0 Å². The second kappa shape index (κ2) is 7.80. The van der Waals surface area contributed by atoms with Gasteiger partial charge in [0.1, 0.15) is 5.75 Å². The number of hydrogen-bond donors (Lipinski definition) is 5. The largest absolute Gasteiger partial charge is 0.506 e. The van der Waals surface area contributed by atoms with Crippen LogP contribution >= 0.6 is 22.6 Å². The fourth-order valence-electron chi connectivity index (χ4n) is 6.14. The van der Waals surface area contributed by atoms with E-state index in [9.17, 15) is 39.3 Å². The van der Waals surface area contributed by atoms with Gasteiger partial charge in [-0.25, -0.2) is 0 Å². The van der Waals surface area contributed by atoms with Crippen molar-refractivity contribution in [1.82, 2.24) is 4.90 Å². The van der Waals surface area contributed by atoms with Gasteiger partial charge in [0.15, 0.2) is 34.7 Å². The number of carbonyl (C=O) groups excluding carboxylic acids is 5. The number of halogens is 1. The van der Waals surface area contributed by atoms with E-state index in [1.54, 1.807) is 29.5 Å². The van der Waals surface area contributed by atoms with Crippen LogP contribution in [0.2, 0.25) is 0 Å². The number of phenols is 1. The lowest BCUT2D eigenvalue weighted by atomic mass is 9.49. The van der Waals surface area contributed by atoms with Crippen LogP contribution in [-0.2, 0) is 19.2 Å². The number of rotatable bonds is 2. The van der Waals surface area contributed by atoms with Crippen LogP contribution in [0.15, 0.2) is 6.07 Å². The van der Waals surface area contributed by atoms with E-state index in [-0.39, 0.29) is 20.4 Å². The molecule has 1 aromatic carbocycles. The van der Waals surface area contributed by atoms with Crippen molar-refractivity contribution in [3.8, 4) is 5.75 Å². The Balaban J connectivity index is 1.99. The molecule has 12 heteroatoms. The van der Waals surface area contributed by atoms with Gasteiger partial charge in [-0.3, -0.25) is 28.9 Å². The van der Waals surface area contributed by atoms with Crippen LogP contribution < -0.4 is 11.5 Å². The van der Waals surface area contributed by atoms with Gasteiger partial charge in [-0.1, -0.05) is 6.92 Å². The molecule has 0 saturated heterocycles. The van der Waals surface area contributed by atoms with Crippen LogP contribution in [0.4, 0.5) is 5.69 Å². The zero-order chi connectivity index (χ0) is 25.6. The van der Waals surface area contributed by atoms with Gasteiger partial charge in [0, 0.05) is 11.6 Å².